The number of nitrogens with one attached hydrogen (secondary N) is 2. The van der Waals surface area contributed by atoms with Crippen LogP contribution in [0.3, 0.4) is 0 Å². The fourth-order valence-corrected chi connectivity index (χ4v) is 3.24. The molecule has 0 saturated heterocycles. The molecule has 8 heteroatoms. The minimum atomic E-state index is -0.724. The third-order valence-electron chi connectivity index (χ3n) is 4.03. The number of urea groups is 1. The summed E-state index contributed by atoms with van der Waals surface area (Å²) in [5.74, 6) is -1.07. The molecule has 0 aromatic heterocycles. The maximum Gasteiger partial charge on any atom is 0.321 e. The molecule has 0 fully saturated rings. The van der Waals surface area contributed by atoms with Gasteiger partial charge in [-0.3, -0.25) is 10.1 Å². The Morgan fingerprint density at radius 1 is 1.15 bits per heavy atom. The highest BCUT2D eigenvalue weighted by atomic mass is 35.5. The molecule has 5 nitrogen and oxygen atoms in total. The zero-order chi connectivity index (χ0) is 20.0. The Hall–Kier alpha value is -2.15. The van der Waals surface area contributed by atoms with Crippen molar-refractivity contribution in [3.63, 3.8) is 0 Å². The summed E-state index contributed by atoms with van der Waals surface area (Å²) in [6.07, 6.45) is 0. The van der Waals surface area contributed by atoms with Crippen LogP contribution in [0.5, 0.6) is 0 Å². The van der Waals surface area contributed by atoms with Crippen LogP contribution in [0.15, 0.2) is 42.5 Å². The summed E-state index contributed by atoms with van der Waals surface area (Å²) >= 11 is 11.9. The van der Waals surface area contributed by atoms with E-state index in [1.165, 1.54) is 12.1 Å². The van der Waals surface area contributed by atoms with E-state index in [9.17, 15) is 14.0 Å². The summed E-state index contributed by atoms with van der Waals surface area (Å²) in [5.41, 5.74) is 1.21. The number of hydrogen-bond acceptors (Lipinski definition) is 2. The van der Waals surface area contributed by atoms with E-state index in [1.807, 2.05) is 6.07 Å². The van der Waals surface area contributed by atoms with Crippen molar-refractivity contribution in [3.8, 4) is 0 Å². The Kier molecular flexibility index (Phi) is 7.59. The van der Waals surface area contributed by atoms with Gasteiger partial charge in [-0.25, -0.2) is 9.18 Å². The number of imide groups is 1. The van der Waals surface area contributed by atoms with Crippen molar-refractivity contribution >= 4 is 35.1 Å². The normalized spacial score (nSPS) is 12.9. The van der Waals surface area contributed by atoms with Gasteiger partial charge in [0.15, 0.2) is 6.04 Å². The van der Waals surface area contributed by atoms with Gasteiger partial charge in [0.1, 0.15) is 11.9 Å². The molecule has 27 heavy (non-hydrogen) atoms. The summed E-state index contributed by atoms with van der Waals surface area (Å²) in [7, 11) is 0. The van der Waals surface area contributed by atoms with E-state index in [4.69, 9.17) is 23.2 Å². The first kappa shape index (κ1) is 21.2. The highest BCUT2D eigenvalue weighted by molar-refractivity contribution is 6.35. The van der Waals surface area contributed by atoms with Gasteiger partial charge in [0.2, 0.25) is 0 Å². The van der Waals surface area contributed by atoms with Gasteiger partial charge in [0.25, 0.3) is 5.91 Å². The standard InChI is InChI=1S/C19H20Cl2FN3O2/c1-3-23-19(27)25-18(26)17(12-7-5-4-6-8-12)24-11(2)13-9-16(22)15(21)10-14(13)20/h4-11,17,24H,3H2,1-2H3,(H2,23,25,26,27)/p+1/t11-,17+/m1/s1. The van der Waals surface area contributed by atoms with E-state index in [0.29, 0.717) is 22.7 Å². The molecule has 2 atom stereocenters. The number of carbonyl (C=O) groups is 2. The zero-order valence-corrected chi connectivity index (χ0v) is 16.4. The van der Waals surface area contributed by atoms with Gasteiger partial charge in [-0.15, -0.1) is 0 Å². The maximum absolute atomic E-state index is 13.9. The van der Waals surface area contributed by atoms with Crippen LogP contribution in [0, 0.1) is 5.82 Å². The summed E-state index contributed by atoms with van der Waals surface area (Å²) in [4.78, 5) is 24.4. The number of halogens is 3. The second kappa shape index (κ2) is 9.69. The van der Waals surface area contributed by atoms with Gasteiger partial charge in [0, 0.05) is 17.7 Å². The Morgan fingerprint density at radius 2 is 1.81 bits per heavy atom. The Morgan fingerprint density at radius 3 is 2.44 bits per heavy atom. The molecule has 2 rings (SSSR count). The highest BCUT2D eigenvalue weighted by Crippen LogP contribution is 2.27. The number of benzene rings is 2. The van der Waals surface area contributed by atoms with Crippen LogP contribution in [0.2, 0.25) is 10.0 Å². The smallest absolute Gasteiger partial charge is 0.321 e. The Balaban J connectivity index is 2.27. The molecular formula is C19H21Cl2FN3O2+. The van der Waals surface area contributed by atoms with E-state index in [1.54, 1.807) is 43.4 Å². The van der Waals surface area contributed by atoms with Crippen LogP contribution in [0.4, 0.5) is 9.18 Å². The van der Waals surface area contributed by atoms with E-state index >= 15 is 0 Å². The fraction of sp³-hybridized carbons (Fsp3) is 0.263. The highest BCUT2D eigenvalue weighted by Gasteiger charge is 2.29. The molecule has 2 aromatic rings. The Bertz CT molecular complexity index is 818. The fourth-order valence-electron chi connectivity index (χ4n) is 2.68. The molecule has 4 N–H and O–H groups in total. The van der Waals surface area contributed by atoms with Gasteiger partial charge in [-0.2, -0.15) is 0 Å². The van der Waals surface area contributed by atoms with Crippen molar-refractivity contribution in [3.05, 3.63) is 69.5 Å². The molecule has 0 unspecified atom stereocenters. The largest absolute Gasteiger partial charge is 0.338 e. The lowest BCUT2D eigenvalue weighted by Crippen LogP contribution is -2.88. The monoisotopic (exact) mass is 412 g/mol. The van der Waals surface area contributed by atoms with Crippen molar-refractivity contribution in [1.82, 2.24) is 10.6 Å². The first-order valence-corrected chi connectivity index (χ1v) is 9.22. The average Bonchev–Trinajstić information content (AvgIpc) is 2.63. The lowest BCUT2D eigenvalue weighted by atomic mass is 10.0. The molecule has 0 spiro atoms. The van der Waals surface area contributed by atoms with Gasteiger partial charge in [-0.05, 0) is 26.0 Å². The van der Waals surface area contributed by atoms with Gasteiger partial charge < -0.3 is 10.6 Å². The number of amides is 3. The summed E-state index contributed by atoms with van der Waals surface area (Å²) in [6.45, 7) is 3.95. The van der Waals surface area contributed by atoms with E-state index in [0.717, 1.165) is 0 Å². The quantitative estimate of drug-likeness (QED) is 0.636. The number of nitrogens with two attached hydrogens (primary N) is 1. The molecule has 0 aliphatic rings. The predicted octanol–water partition coefficient (Wildman–Crippen LogP) is 3.34. The predicted molar refractivity (Wildman–Crippen MR) is 103 cm³/mol. The van der Waals surface area contributed by atoms with Crippen molar-refractivity contribution in [1.29, 1.82) is 0 Å². The second-order valence-corrected chi connectivity index (χ2v) is 6.82. The third-order valence-corrected chi connectivity index (χ3v) is 4.64. The van der Waals surface area contributed by atoms with Crippen molar-refractivity contribution in [2.75, 3.05) is 6.54 Å². The topological polar surface area (TPSA) is 74.8 Å². The molecule has 0 aliphatic heterocycles. The number of hydrogen-bond donors (Lipinski definition) is 3. The molecular weight excluding hydrogens is 392 g/mol. The first-order valence-electron chi connectivity index (χ1n) is 8.46. The molecule has 0 heterocycles. The van der Waals surface area contributed by atoms with Crippen LogP contribution in [0.1, 0.15) is 37.1 Å². The van der Waals surface area contributed by atoms with Crippen LogP contribution in [-0.2, 0) is 4.79 Å². The van der Waals surface area contributed by atoms with Crippen LogP contribution in [0.25, 0.3) is 0 Å². The van der Waals surface area contributed by atoms with Crippen LogP contribution in [-0.4, -0.2) is 18.5 Å². The van der Waals surface area contributed by atoms with Gasteiger partial charge >= 0.3 is 6.03 Å². The molecule has 2 aromatic carbocycles. The molecule has 0 aliphatic carbocycles. The number of rotatable bonds is 6. The van der Waals surface area contributed by atoms with E-state index < -0.39 is 23.8 Å². The first-order chi connectivity index (χ1) is 12.8. The third kappa shape index (κ3) is 5.66. The van der Waals surface area contributed by atoms with Crippen LogP contribution < -0.4 is 16.0 Å². The van der Waals surface area contributed by atoms with Gasteiger partial charge in [0.05, 0.1) is 10.0 Å². The SMILES string of the molecule is CCNC(=O)NC(=O)[C@@H]([NH2+][C@H](C)c1cc(F)c(Cl)cc1Cl)c1ccccc1. The van der Waals surface area contributed by atoms with Crippen molar-refractivity contribution in [2.24, 2.45) is 0 Å². The second-order valence-electron chi connectivity index (χ2n) is 6.01. The molecule has 3 amide bonds. The average molecular weight is 413 g/mol. The summed E-state index contributed by atoms with van der Waals surface area (Å²) in [5, 5.41) is 6.81. The molecule has 0 radical (unpaired) electrons. The minimum Gasteiger partial charge on any atom is -0.338 e. The summed E-state index contributed by atoms with van der Waals surface area (Å²) < 4.78 is 13.9. The molecule has 0 saturated carbocycles. The van der Waals surface area contributed by atoms with Crippen molar-refractivity contribution < 1.29 is 19.3 Å². The van der Waals surface area contributed by atoms with Crippen LogP contribution >= 0.6 is 23.2 Å². The molecule has 0 bridgehead atoms. The summed E-state index contributed by atoms with van der Waals surface area (Å²) in [6, 6.07) is 9.94. The lowest BCUT2D eigenvalue weighted by Gasteiger charge is -2.21. The zero-order valence-electron chi connectivity index (χ0n) is 14.9. The maximum atomic E-state index is 13.9. The molecule has 144 valence electrons. The number of quaternary nitrogens is 1. The lowest BCUT2D eigenvalue weighted by molar-refractivity contribution is -0.719. The number of carbonyl (C=O) groups excluding carboxylic acids is 2. The van der Waals surface area contributed by atoms with E-state index in [2.05, 4.69) is 10.6 Å². The minimum absolute atomic E-state index is 0.0652. The van der Waals surface area contributed by atoms with E-state index in [-0.39, 0.29) is 11.1 Å². The Labute approximate surface area is 167 Å². The van der Waals surface area contributed by atoms with Gasteiger partial charge in [-0.1, -0.05) is 53.5 Å². The van der Waals surface area contributed by atoms with Crippen molar-refractivity contribution in [2.45, 2.75) is 25.9 Å².